The van der Waals surface area contributed by atoms with Crippen molar-refractivity contribution in [1.82, 2.24) is 0 Å². The lowest BCUT2D eigenvalue weighted by Crippen LogP contribution is -1.98. The highest BCUT2D eigenvalue weighted by atomic mass is 79.9. The number of anilines is 1. The van der Waals surface area contributed by atoms with E-state index in [4.69, 9.17) is 0 Å². The van der Waals surface area contributed by atoms with Crippen LogP contribution in [0.3, 0.4) is 0 Å². The van der Waals surface area contributed by atoms with E-state index < -0.39 is 4.92 Å². The lowest BCUT2D eigenvalue weighted by Gasteiger charge is -2.05. The zero-order chi connectivity index (χ0) is 11.3. The molecular weight excluding hydrogens is 280 g/mol. The molecule has 0 aliphatic heterocycles. The summed E-state index contributed by atoms with van der Waals surface area (Å²) in [5.74, 6) is 0. The Balaban J connectivity index is 2.80. The number of nitrogens with zero attached hydrogens (tertiary/aromatic N) is 1. The molecule has 0 heterocycles. The van der Waals surface area contributed by atoms with E-state index in [-0.39, 0.29) is 0 Å². The average molecular weight is 289 g/mol. The van der Waals surface area contributed by atoms with Crippen molar-refractivity contribution < 1.29 is 4.92 Å². The quantitative estimate of drug-likeness (QED) is 0.682. The number of hydrogen-bond donors (Lipinski definition) is 1. The number of nitro groups is 1. The fourth-order valence-electron chi connectivity index (χ4n) is 0.940. The van der Waals surface area contributed by atoms with Gasteiger partial charge in [-0.05, 0) is 24.5 Å². The van der Waals surface area contributed by atoms with Crippen LogP contribution >= 0.6 is 27.7 Å². The maximum Gasteiger partial charge on any atom is 0.264 e. The number of rotatable bonds is 4. The van der Waals surface area contributed by atoms with Crippen molar-refractivity contribution >= 4 is 33.4 Å². The first-order valence-electron chi connectivity index (χ1n) is 4.03. The molecule has 0 spiro atoms. The van der Waals surface area contributed by atoms with Gasteiger partial charge in [-0.3, -0.25) is 10.1 Å². The smallest absolute Gasteiger partial charge is 0.264 e. The zero-order valence-electron chi connectivity index (χ0n) is 7.94. The standard InChI is InChI=1S/C9H9BrN2O2S/c1-15-9(6-12(13)14)11-8-4-2-3-7(10)5-8/h2-6,11H,1H3/b9-6+. The molecule has 0 amide bonds. The Kier molecular flexibility index (Phi) is 4.64. The maximum atomic E-state index is 10.3. The van der Waals surface area contributed by atoms with Gasteiger partial charge < -0.3 is 5.32 Å². The van der Waals surface area contributed by atoms with E-state index in [2.05, 4.69) is 21.2 Å². The highest BCUT2D eigenvalue weighted by Gasteiger charge is 2.01. The Bertz CT molecular complexity index is 395. The molecule has 0 fully saturated rings. The van der Waals surface area contributed by atoms with Gasteiger partial charge in [0.1, 0.15) is 5.03 Å². The van der Waals surface area contributed by atoms with E-state index >= 15 is 0 Å². The molecule has 0 saturated carbocycles. The van der Waals surface area contributed by atoms with Crippen LogP contribution in [0.4, 0.5) is 5.69 Å². The summed E-state index contributed by atoms with van der Waals surface area (Å²) in [7, 11) is 0. The van der Waals surface area contributed by atoms with Gasteiger partial charge in [-0.2, -0.15) is 0 Å². The van der Waals surface area contributed by atoms with Crippen LogP contribution in [0.2, 0.25) is 0 Å². The topological polar surface area (TPSA) is 55.2 Å². The normalized spacial score (nSPS) is 11.2. The Labute approximate surface area is 100 Å². The molecule has 1 aromatic carbocycles. The lowest BCUT2D eigenvalue weighted by molar-refractivity contribution is -0.402. The molecule has 1 aromatic rings. The van der Waals surface area contributed by atoms with Crippen LogP contribution in [0.5, 0.6) is 0 Å². The minimum absolute atomic E-state index is 0.475. The number of hydrogen-bond acceptors (Lipinski definition) is 4. The van der Waals surface area contributed by atoms with E-state index in [1.807, 2.05) is 24.3 Å². The van der Waals surface area contributed by atoms with Crippen LogP contribution in [0.15, 0.2) is 40.0 Å². The number of benzene rings is 1. The molecule has 1 rings (SSSR count). The summed E-state index contributed by atoms with van der Waals surface area (Å²) in [6, 6.07) is 7.44. The summed E-state index contributed by atoms with van der Waals surface area (Å²) in [5.41, 5.74) is 0.812. The number of nitrogens with one attached hydrogen (secondary N) is 1. The summed E-state index contributed by atoms with van der Waals surface area (Å²) in [6.45, 7) is 0. The number of thioether (sulfide) groups is 1. The molecule has 0 radical (unpaired) electrons. The third-order valence-corrected chi connectivity index (χ3v) is 2.68. The van der Waals surface area contributed by atoms with Crippen molar-refractivity contribution in [3.8, 4) is 0 Å². The third kappa shape index (κ3) is 4.35. The third-order valence-electron chi connectivity index (χ3n) is 1.53. The van der Waals surface area contributed by atoms with Crippen LogP contribution in [-0.2, 0) is 0 Å². The van der Waals surface area contributed by atoms with Crippen molar-refractivity contribution in [3.63, 3.8) is 0 Å². The van der Waals surface area contributed by atoms with Crippen molar-refractivity contribution in [3.05, 3.63) is 50.1 Å². The van der Waals surface area contributed by atoms with Crippen LogP contribution in [0.25, 0.3) is 0 Å². The molecule has 0 saturated heterocycles. The second-order valence-corrected chi connectivity index (χ2v) is 4.38. The van der Waals surface area contributed by atoms with Gasteiger partial charge in [0.15, 0.2) is 0 Å². The molecule has 1 N–H and O–H groups in total. The first-order valence-corrected chi connectivity index (χ1v) is 6.05. The monoisotopic (exact) mass is 288 g/mol. The molecule has 80 valence electrons. The molecular formula is C9H9BrN2O2S. The summed E-state index contributed by atoms with van der Waals surface area (Å²) in [6.07, 6.45) is 2.73. The summed E-state index contributed by atoms with van der Waals surface area (Å²) < 4.78 is 0.925. The van der Waals surface area contributed by atoms with Gasteiger partial charge >= 0.3 is 0 Å². The second-order valence-electron chi connectivity index (χ2n) is 2.62. The minimum atomic E-state index is -0.475. The maximum absolute atomic E-state index is 10.3. The highest BCUT2D eigenvalue weighted by Crippen LogP contribution is 2.20. The summed E-state index contributed by atoms with van der Waals surface area (Å²) >= 11 is 4.62. The summed E-state index contributed by atoms with van der Waals surface area (Å²) in [4.78, 5) is 9.82. The first kappa shape index (κ1) is 12.1. The van der Waals surface area contributed by atoms with Crippen LogP contribution in [0.1, 0.15) is 0 Å². The predicted octanol–water partition coefficient (Wildman–Crippen LogP) is 3.30. The second kappa shape index (κ2) is 5.77. The van der Waals surface area contributed by atoms with Gasteiger partial charge in [0, 0.05) is 10.2 Å². The minimum Gasteiger partial charge on any atom is -0.345 e. The van der Waals surface area contributed by atoms with Gasteiger partial charge in [0.2, 0.25) is 0 Å². The molecule has 0 aliphatic rings. The van der Waals surface area contributed by atoms with E-state index in [0.29, 0.717) is 5.03 Å². The zero-order valence-corrected chi connectivity index (χ0v) is 10.3. The van der Waals surface area contributed by atoms with Crippen LogP contribution in [-0.4, -0.2) is 11.2 Å². The Morgan fingerprint density at radius 1 is 1.67 bits per heavy atom. The van der Waals surface area contributed by atoms with Crippen LogP contribution in [0, 0.1) is 10.1 Å². The molecule has 6 heteroatoms. The Morgan fingerprint density at radius 3 is 2.93 bits per heavy atom. The molecule has 0 unspecified atom stereocenters. The van der Waals surface area contributed by atoms with Crippen molar-refractivity contribution in [2.75, 3.05) is 11.6 Å². The highest BCUT2D eigenvalue weighted by molar-refractivity contribution is 9.10. The molecule has 0 aliphatic carbocycles. The first-order chi connectivity index (χ1) is 7.11. The molecule has 15 heavy (non-hydrogen) atoms. The van der Waals surface area contributed by atoms with Gasteiger partial charge in [-0.15, -0.1) is 11.8 Å². The fraction of sp³-hybridized carbons (Fsp3) is 0.111. The Morgan fingerprint density at radius 2 is 2.40 bits per heavy atom. The van der Waals surface area contributed by atoms with Crippen molar-refractivity contribution in [1.29, 1.82) is 0 Å². The van der Waals surface area contributed by atoms with Crippen molar-refractivity contribution in [2.24, 2.45) is 0 Å². The van der Waals surface area contributed by atoms with Gasteiger partial charge in [0.25, 0.3) is 6.20 Å². The van der Waals surface area contributed by atoms with E-state index in [9.17, 15) is 10.1 Å². The van der Waals surface area contributed by atoms with E-state index in [1.54, 1.807) is 6.26 Å². The largest absolute Gasteiger partial charge is 0.345 e. The van der Waals surface area contributed by atoms with Gasteiger partial charge in [-0.1, -0.05) is 22.0 Å². The van der Waals surface area contributed by atoms with Gasteiger partial charge in [-0.25, -0.2) is 0 Å². The van der Waals surface area contributed by atoms with Crippen LogP contribution < -0.4 is 5.32 Å². The predicted molar refractivity (Wildman–Crippen MR) is 66.4 cm³/mol. The van der Waals surface area contributed by atoms with E-state index in [0.717, 1.165) is 16.4 Å². The summed E-state index contributed by atoms with van der Waals surface area (Å²) in [5, 5.41) is 13.7. The lowest BCUT2D eigenvalue weighted by atomic mass is 10.3. The molecule has 0 bridgehead atoms. The molecule has 4 nitrogen and oxygen atoms in total. The molecule has 0 aromatic heterocycles. The molecule has 0 atom stereocenters. The SMILES string of the molecule is CS/C(=C/[N+](=O)[O-])Nc1cccc(Br)c1. The average Bonchev–Trinajstić information content (AvgIpc) is 2.16. The number of halogens is 1. The van der Waals surface area contributed by atoms with Crippen molar-refractivity contribution in [2.45, 2.75) is 0 Å². The van der Waals surface area contributed by atoms with E-state index in [1.165, 1.54) is 11.8 Å². The Hall–Kier alpha value is -1.01. The van der Waals surface area contributed by atoms with Gasteiger partial charge in [0.05, 0.1) is 4.92 Å². The fourth-order valence-corrected chi connectivity index (χ4v) is 1.75.